The van der Waals surface area contributed by atoms with Crippen molar-refractivity contribution in [2.24, 2.45) is 0 Å². The quantitative estimate of drug-likeness (QED) is 0.499. The van der Waals surface area contributed by atoms with Gasteiger partial charge in [0.2, 0.25) is 5.95 Å². The van der Waals surface area contributed by atoms with Crippen LogP contribution in [0.25, 0.3) is 16.7 Å². The molecule has 0 radical (unpaired) electrons. The van der Waals surface area contributed by atoms with Gasteiger partial charge in [-0.05, 0) is 38.0 Å². The lowest BCUT2D eigenvalue weighted by molar-refractivity contribution is -0.00297. The van der Waals surface area contributed by atoms with Gasteiger partial charge in [0.25, 0.3) is 0 Å². The number of anilines is 2. The molecule has 1 aromatic carbocycles. The van der Waals surface area contributed by atoms with Crippen molar-refractivity contribution in [1.29, 1.82) is 0 Å². The van der Waals surface area contributed by atoms with Crippen molar-refractivity contribution in [1.82, 2.24) is 34.4 Å². The Morgan fingerprint density at radius 2 is 2.06 bits per heavy atom. The Morgan fingerprint density at radius 1 is 1.19 bits per heavy atom. The highest BCUT2D eigenvalue weighted by atomic mass is 16.3. The number of aromatic nitrogens is 6. The number of β-amino-alcohol motifs (C(OH)–C–C–N with tert-alkyl or cyclic N) is 1. The van der Waals surface area contributed by atoms with Gasteiger partial charge in [0.15, 0.2) is 5.82 Å². The van der Waals surface area contributed by atoms with Crippen molar-refractivity contribution in [3.63, 3.8) is 0 Å². The first-order valence-corrected chi connectivity index (χ1v) is 10.7. The highest BCUT2D eigenvalue weighted by Crippen LogP contribution is 2.37. The van der Waals surface area contributed by atoms with Crippen LogP contribution in [0.3, 0.4) is 0 Å². The maximum Gasteiger partial charge on any atom is 0.229 e. The van der Waals surface area contributed by atoms with Crippen molar-refractivity contribution in [3.05, 3.63) is 54.1 Å². The topological polar surface area (TPSA) is 96.9 Å². The number of rotatable bonds is 6. The van der Waals surface area contributed by atoms with Gasteiger partial charge in [-0.1, -0.05) is 0 Å². The van der Waals surface area contributed by atoms with Gasteiger partial charge in [0.05, 0.1) is 29.6 Å². The molecule has 158 valence electrons. The van der Waals surface area contributed by atoms with Crippen molar-refractivity contribution >= 4 is 22.5 Å². The molecular formula is C22H24N8O. The highest BCUT2D eigenvalue weighted by Gasteiger charge is 2.26. The minimum absolute atomic E-state index is 0.201. The summed E-state index contributed by atoms with van der Waals surface area (Å²) in [6.45, 7) is 4.22. The molecular weight excluding hydrogens is 392 g/mol. The number of nitrogens with one attached hydrogen (secondary N) is 1. The summed E-state index contributed by atoms with van der Waals surface area (Å²) in [5.74, 6) is 1.23. The normalized spacial score (nSPS) is 17.2. The zero-order valence-corrected chi connectivity index (χ0v) is 17.3. The summed E-state index contributed by atoms with van der Waals surface area (Å²) in [6.07, 6.45) is 7.88. The van der Waals surface area contributed by atoms with Gasteiger partial charge in [-0.15, -0.1) is 0 Å². The lowest BCUT2D eigenvalue weighted by Gasteiger charge is -2.35. The predicted octanol–water partition coefficient (Wildman–Crippen LogP) is 2.58. The van der Waals surface area contributed by atoms with Crippen LogP contribution >= 0.6 is 0 Å². The van der Waals surface area contributed by atoms with E-state index in [4.69, 9.17) is 0 Å². The van der Waals surface area contributed by atoms with Crippen LogP contribution in [-0.4, -0.2) is 58.7 Å². The van der Waals surface area contributed by atoms with Crippen molar-refractivity contribution in [2.45, 2.75) is 38.5 Å². The van der Waals surface area contributed by atoms with E-state index in [1.165, 1.54) is 12.8 Å². The van der Waals surface area contributed by atoms with Crippen LogP contribution in [0.2, 0.25) is 0 Å². The Balaban J connectivity index is 1.21. The lowest BCUT2D eigenvalue weighted by atomic mass is 10.1. The second kappa shape index (κ2) is 7.14. The molecule has 9 nitrogen and oxygen atoms in total. The van der Waals surface area contributed by atoms with E-state index in [-0.39, 0.29) is 6.10 Å². The first-order valence-electron chi connectivity index (χ1n) is 10.7. The van der Waals surface area contributed by atoms with Crippen LogP contribution in [0.1, 0.15) is 30.1 Å². The molecule has 1 saturated heterocycles. The fraction of sp³-hybridized carbons (Fsp3) is 0.364. The molecule has 1 saturated carbocycles. The van der Waals surface area contributed by atoms with Crippen LogP contribution < -0.4 is 5.32 Å². The molecule has 2 fully saturated rings. The Kier molecular flexibility index (Phi) is 4.25. The van der Waals surface area contributed by atoms with E-state index in [2.05, 4.69) is 47.2 Å². The first-order chi connectivity index (χ1) is 15.1. The molecule has 2 N–H and O–H groups in total. The standard InChI is InChI=1S/C22H24N8O/c1-14-16(10-28-12-19(31)13-28)11-29(27-14)21-6-7-23-22(26-21)25-17-2-5-20-15(8-17)9-24-30(20)18-3-4-18/h2,5-9,11,18-19,31H,3-4,10,12-13H2,1H3,(H,23,25,26). The minimum atomic E-state index is -0.201. The van der Waals surface area contributed by atoms with E-state index in [0.717, 1.165) is 47.5 Å². The number of fused-ring (bicyclic) bond motifs is 1. The van der Waals surface area contributed by atoms with Gasteiger partial charge in [0, 0.05) is 54.7 Å². The van der Waals surface area contributed by atoms with Gasteiger partial charge >= 0.3 is 0 Å². The van der Waals surface area contributed by atoms with Crippen LogP contribution in [0, 0.1) is 6.92 Å². The average Bonchev–Trinajstić information content (AvgIpc) is 3.40. The molecule has 0 bridgehead atoms. The second-order valence-electron chi connectivity index (χ2n) is 8.49. The van der Waals surface area contributed by atoms with E-state index in [9.17, 15) is 5.11 Å². The van der Waals surface area contributed by atoms with E-state index < -0.39 is 0 Å². The van der Waals surface area contributed by atoms with E-state index in [1.807, 2.05) is 31.5 Å². The highest BCUT2D eigenvalue weighted by molar-refractivity contribution is 5.83. The first kappa shape index (κ1) is 18.5. The maximum absolute atomic E-state index is 9.50. The molecule has 3 aromatic heterocycles. The fourth-order valence-electron chi connectivity index (χ4n) is 4.09. The number of benzene rings is 1. The van der Waals surface area contributed by atoms with Crippen LogP contribution in [0.4, 0.5) is 11.6 Å². The number of aliphatic hydroxyl groups is 1. The Morgan fingerprint density at radius 3 is 2.87 bits per heavy atom. The maximum atomic E-state index is 9.50. The molecule has 0 atom stereocenters. The Hall–Kier alpha value is -3.30. The summed E-state index contributed by atoms with van der Waals surface area (Å²) in [5.41, 5.74) is 4.19. The summed E-state index contributed by atoms with van der Waals surface area (Å²) < 4.78 is 3.91. The summed E-state index contributed by atoms with van der Waals surface area (Å²) in [5, 5.41) is 23.1. The molecule has 0 spiro atoms. The summed E-state index contributed by atoms with van der Waals surface area (Å²) in [7, 11) is 0. The molecule has 2 aliphatic rings. The van der Waals surface area contributed by atoms with Gasteiger partial charge < -0.3 is 10.4 Å². The van der Waals surface area contributed by atoms with Gasteiger partial charge in [-0.2, -0.15) is 15.2 Å². The summed E-state index contributed by atoms with van der Waals surface area (Å²) in [6, 6.07) is 8.62. The Labute approximate surface area is 179 Å². The smallest absolute Gasteiger partial charge is 0.229 e. The third-order valence-electron chi connectivity index (χ3n) is 5.95. The van der Waals surface area contributed by atoms with E-state index >= 15 is 0 Å². The monoisotopic (exact) mass is 416 g/mol. The number of nitrogens with zero attached hydrogens (tertiary/aromatic N) is 7. The third-order valence-corrected chi connectivity index (χ3v) is 5.95. The summed E-state index contributed by atoms with van der Waals surface area (Å²) in [4.78, 5) is 11.2. The molecule has 4 heterocycles. The molecule has 31 heavy (non-hydrogen) atoms. The summed E-state index contributed by atoms with van der Waals surface area (Å²) >= 11 is 0. The zero-order chi connectivity index (χ0) is 20.9. The lowest BCUT2D eigenvalue weighted by Crippen LogP contribution is -2.49. The molecule has 0 unspecified atom stereocenters. The van der Waals surface area contributed by atoms with Gasteiger partial charge in [-0.25, -0.2) is 9.67 Å². The number of hydrogen-bond acceptors (Lipinski definition) is 7. The van der Waals surface area contributed by atoms with Crippen LogP contribution in [-0.2, 0) is 6.54 Å². The average molecular weight is 416 g/mol. The molecule has 9 heteroatoms. The van der Waals surface area contributed by atoms with Crippen molar-refractivity contribution in [2.75, 3.05) is 18.4 Å². The largest absolute Gasteiger partial charge is 0.390 e. The van der Waals surface area contributed by atoms with Crippen molar-refractivity contribution in [3.8, 4) is 5.82 Å². The molecule has 6 rings (SSSR count). The number of aryl methyl sites for hydroxylation is 1. The van der Waals surface area contributed by atoms with Gasteiger partial charge in [0.1, 0.15) is 0 Å². The van der Waals surface area contributed by atoms with Gasteiger partial charge in [-0.3, -0.25) is 9.58 Å². The minimum Gasteiger partial charge on any atom is -0.390 e. The SMILES string of the molecule is Cc1nn(-c2ccnc(Nc3ccc4c(cnn4C4CC4)c3)n2)cc1CN1CC(O)C1. The predicted molar refractivity (Wildman–Crippen MR) is 116 cm³/mol. The fourth-order valence-corrected chi connectivity index (χ4v) is 4.09. The van der Waals surface area contributed by atoms with E-state index in [0.29, 0.717) is 17.8 Å². The van der Waals surface area contributed by atoms with E-state index in [1.54, 1.807) is 10.9 Å². The molecule has 1 aliphatic heterocycles. The number of likely N-dealkylation sites (tertiary alicyclic amines) is 1. The van der Waals surface area contributed by atoms with Crippen molar-refractivity contribution < 1.29 is 5.11 Å². The molecule has 0 amide bonds. The molecule has 4 aromatic rings. The molecule has 1 aliphatic carbocycles. The Bertz CT molecular complexity index is 1250. The second-order valence-corrected chi connectivity index (χ2v) is 8.49. The van der Waals surface area contributed by atoms with Crippen LogP contribution in [0.5, 0.6) is 0 Å². The van der Waals surface area contributed by atoms with Crippen LogP contribution in [0.15, 0.2) is 42.9 Å². The number of aliphatic hydroxyl groups excluding tert-OH is 1. The number of hydrogen-bond donors (Lipinski definition) is 2. The zero-order valence-electron chi connectivity index (χ0n) is 17.3. The third kappa shape index (κ3) is 3.55.